The normalized spacial score (nSPS) is 16.3. The second kappa shape index (κ2) is 4.57. The van der Waals surface area contributed by atoms with E-state index in [1.54, 1.807) is 24.3 Å². The number of carboxylic acid groups (broad SMARTS) is 1. The first-order valence-electron chi connectivity index (χ1n) is 5.58. The number of ether oxygens (including phenoxy) is 1. The van der Waals surface area contributed by atoms with E-state index in [0.29, 0.717) is 11.3 Å². The van der Waals surface area contributed by atoms with Crippen molar-refractivity contribution in [3.8, 4) is 5.75 Å². The summed E-state index contributed by atoms with van der Waals surface area (Å²) < 4.78 is 5.44. The van der Waals surface area contributed by atoms with Crippen LogP contribution >= 0.6 is 0 Å². The van der Waals surface area contributed by atoms with Gasteiger partial charge >= 0.3 is 5.97 Å². The molecule has 1 aliphatic rings. The fraction of sp³-hybridized carbons (Fsp3) is 0.385. The zero-order valence-corrected chi connectivity index (χ0v) is 9.55. The SMILES string of the molecule is CC(=O)c1cccc(OC(C(=O)O)C2CC2)c1. The molecule has 0 spiro atoms. The number of Topliss-reactive ketones (excluding diaryl/α,β-unsaturated/α-hetero) is 1. The van der Waals surface area contributed by atoms with Crippen molar-refractivity contribution in [3.05, 3.63) is 29.8 Å². The molecule has 0 aromatic heterocycles. The number of benzene rings is 1. The Morgan fingerprint density at radius 3 is 2.65 bits per heavy atom. The van der Waals surface area contributed by atoms with Crippen LogP contribution in [0.4, 0.5) is 0 Å². The van der Waals surface area contributed by atoms with Gasteiger partial charge in [-0.3, -0.25) is 4.79 Å². The maximum absolute atomic E-state index is 11.2. The van der Waals surface area contributed by atoms with E-state index in [1.807, 2.05) is 0 Å². The second-order valence-electron chi connectivity index (χ2n) is 4.30. The number of rotatable bonds is 5. The Kier molecular flexibility index (Phi) is 3.13. The van der Waals surface area contributed by atoms with Gasteiger partial charge in [-0.25, -0.2) is 4.79 Å². The van der Waals surface area contributed by atoms with E-state index in [9.17, 15) is 9.59 Å². The third-order valence-corrected chi connectivity index (χ3v) is 2.80. The van der Waals surface area contributed by atoms with E-state index in [0.717, 1.165) is 12.8 Å². The Labute approximate surface area is 99.2 Å². The Balaban J connectivity index is 2.14. The molecule has 4 nitrogen and oxygen atoms in total. The van der Waals surface area contributed by atoms with Crippen LogP contribution in [0, 0.1) is 5.92 Å². The lowest BCUT2D eigenvalue weighted by Gasteiger charge is -2.14. The molecule has 1 unspecified atom stereocenters. The molecule has 2 rings (SSSR count). The van der Waals surface area contributed by atoms with Gasteiger partial charge in [0, 0.05) is 11.5 Å². The van der Waals surface area contributed by atoms with Crippen LogP contribution in [0.25, 0.3) is 0 Å². The molecule has 1 N–H and O–H groups in total. The Morgan fingerprint density at radius 2 is 2.12 bits per heavy atom. The zero-order chi connectivity index (χ0) is 12.4. The van der Waals surface area contributed by atoms with Gasteiger partial charge in [-0.1, -0.05) is 12.1 Å². The van der Waals surface area contributed by atoms with Crippen LogP contribution < -0.4 is 4.74 Å². The lowest BCUT2D eigenvalue weighted by atomic mass is 10.1. The smallest absolute Gasteiger partial charge is 0.345 e. The topological polar surface area (TPSA) is 63.6 Å². The van der Waals surface area contributed by atoms with Crippen LogP contribution in [-0.2, 0) is 4.79 Å². The molecule has 1 saturated carbocycles. The van der Waals surface area contributed by atoms with Crippen molar-refractivity contribution < 1.29 is 19.4 Å². The summed E-state index contributed by atoms with van der Waals surface area (Å²) in [7, 11) is 0. The Hall–Kier alpha value is -1.84. The summed E-state index contributed by atoms with van der Waals surface area (Å²) in [5, 5.41) is 9.03. The predicted molar refractivity (Wildman–Crippen MR) is 61.2 cm³/mol. The summed E-state index contributed by atoms with van der Waals surface area (Å²) in [4.78, 5) is 22.2. The molecule has 17 heavy (non-hydrogen) atoms. The van der Waals surface area contributed by atoms with Gasteiger partial charge < -0.3 is 9.84 Å². The van der Waals surface area contributed by atoms with Gasteiger partial charge in [-0.05, 0) is 31.9 Å². The molecule has 1 fully saturated rings. The van der Waals surface area contributed by atoms with Crippen LogP contribution in [0.1, 0.15) is 30.1 Å². The summed E-state index contributed by atoms with van der Waals surface area (Å²) in [6.45, 7) is 1.47. The number of hydrogen-bond acceptors (Lipinski definition) is 3. The molecule has 4 heteroatoms. The van der Waals surface area contributed by atoms with E-state index >= 15 is 0 Å². The number of carbonyl (C=O) groups excluding carboxylic acids is 1. The first-order chi connectivity index (χ1) is 8.08. The lowest BCUT2D eigenvalue weighted by Crippen LogP contribution is -2.29. The molecule has 1 aliphatic carbocycles. The second-order valence-corrected chi connectivity index (χ2v) is 4.30. The molecular weight excluding hydrogens is 220 g/mol. The zero-order valence-electron chi connectivity index (χ0n) is 9.55. The average Bonchev–Trinajstić information content (AvgIpc) is 3.09. The van der Waals surface area contributed by atoms with E-state index in [-0.39, 0.29) is 11.7 Å². The molecule has 90 valence electrons. The van der Waals surface area contributed by atoms with E-state index in [4.69, 9.17) is 9.84 Å². The molecule has 0 heterocycles. The maximum atomic E-state index is 11.2. The third-order valence-electron chi connectivity index (χ3n) is 2.80. The highest BCUT2D eigenvalue weighted by atomic mass is 16.5. The maximum Gasteiger partial charge on any atom is 0.345 e. The van der Waals surface area contributed by atoms with Crippen LogP contribution in [0.2, 0.25) is 0 Å². The number of ketones is 1. The van der Waals surface area contributed by atoms with Crippen LogP contribution in [0.5, 0.6) is 5.75 Å². The summed E-state index contributed by atoms with van der Waals surface area (Å²) in [5.41, 5.74) is 0.530. The van der Waals surface area contributed by atoms with Crippen molar-refractivity contribution >= 4 is 11.8 Å². The van der Waals surface area contributed by atoms with Gasteiger partial charge in [-0.2, -0.15) is 0 Å². The number of carbonyl (C=O) groups is 2. The quantitative estimate of drug-likeness (QED) is 0.793. The van der Waals surface area contributed by atoms with E-state index < -0.39 is 12.1 Å². The van der Waals surface area contributed by atoms with Gasteiger partial charge in [0.15, 0.2) is 11.9 Å². The highest BCUT2D eigenvalue weighted by molar-refractivity contribution is 5.94. The average molecular weight is 234 g/mol. The minimum atomic E-state index is -0.944. The number of aliphatic carboxylic acids is 1. The van der Waals surface area contributed by atoms with Crippen molar-refractivity contribution in [1.82, 2.24) is 0 Å². The number of hydrogen-bond donors (Lipinski definition) is 1. The molecular formula is C13H14O4. The summed E-state index contributed by atoms with van der Waals surface area (Å²) >= 11 is 0. The van der Waals surface area contributed by atoms with Crippen molar-refractivity contribution in [3.63, 3.8) is 0 Å². The van der Waals surface area contributed by atoms with Crippen LogP contribution in [0.15, 0.2) is 24.3 Å². The first kappa shape index (κ1) is 11.6. The number of carboxylic acids is 1. The summed E-state index contributed by atoms with van der Waals surface area (Å²) in [6, 6.07) is 6.63. The molecule has 1 aromatic rings. The molecule has 0 amide bonds. The Bertz CT molecular complexity index is 448. The highest BCUT2D eigenvalue weighted by Crippen LogP contribution is 2.35. The lowest BCUT2D eigenvalue weighted by molar-refractivity contribution is -0.146. The van der Waals surface area contributed by atoms with Crippen molar-refractivity contribution in [1.29, 1.82) is 0 Å². The minimum Gasteiger partial charge on any atom is -0.478 e. The predicted octanol–water partition coefficient (Wildman–Crippen LogP) is 2.13. The molecule has 0 saturated heterocycles. The molecule has 1 aromatic carbocycles. The van der Waals surface area contributed by atoms with Crippen molar-refractivity contribution in [2.24, 2.45) is 5.92 Å². The third kappa shape index (κ3) is 2.84. The monoisotopic (exact) mass is 234 g/mol. The van der Waals surface area contributed by atoms with Gasteiger partial charge in [0.1, 0.15) is 5.75 Å². The van der Waals surface area contributed by atoms with E-state index in [1.165, 1.54) is 6.92 Å². The van der Waals surface area contributed by atoms with Gasteiger partial charge in [0.05, 0.1) is 0 Å². The van der Waals surface area contributed by atoms with Gasteiger partial charge in [0.25, 0.3) is 0 Å². The van der Waals surface area contributed by atoms with Crippen molar-refractivity contribution in [2.75, 3.05) is 0 Å². The fourth-order valence-electron chi connectivity index (χ4n) is 1.68. The Morgan fingerprint density at radius 1 is 1.41 bits per heavy atom. The van der Waals surface area contributed by atoms with Gasteiger partial charge in [-0.15, -0.1) is 0 Å². The molecule has 0 aliphatic heterocycles. The molecule has 0 bridgehead atoms. The summed E-state index contributed by atoms with van der Waals surface area (Å²) in [6.07, 6.45) is 0.990. The van der Waals surface area contributed by atoms with Gasteiger partial charge in [0.2, 0.25) is 0 Å². The van der Waals surface area contributed by atoms with Crippen LogP contribution in [-0.4, -0.2) is 23.0 Å². The molecule has 0 radical (unpaired) electrons. The van der Waals surface area contributed by atoms with Crippen LogP contribution in [0.3, 0.4) is 0 Å². The van der Waals surface area contributed by atoms with Crippen molar-refractivity contribution in [2.45, 2.75) is 25.9 Å². The fourth-order valence-corrected chi connectivity index (χ4v) is 1.68. The highest BCUT2D eigenvalue weighted by Gasteiger charge is 2.38. The standard InChI is InChI=1S/C13H14O4/c1-8(14)10-3-2-4-11(7-10)17-12(13(15)16)9-5-6-9/h2-4,7,9,12H,5-6H2,1H3,(H,15,16). The first-order valence-corrected chi connectivity index (χ1v) is 5.58. The molecule has 1 atom stereocenters. The van der Waals surface area contributed by atoms with E-state index in [2.05, 4.69) is 0 Å². The largest absolute Gasteiger partial charge is 0.478 e. The minimum absolute atomic E-state index is 0.0613. The summed E-state index contributed by atoms with van der Waals surface area (Å²) in [5.74, 6) is -0.458.